The Hall–Kier alpha value is -3.46. The molecular formula is C31H38F5N3O6S. The zero-order valence-corrected chi connectivity index (χ0v) is 26.3. The molecule has 0 unspecified atom stereocenters. The Kier molecular flexibility index (Phi) is 11.2. The van der Waals surface area contributed by atoms with Gasteiger partial charge in [0.05, 0.1) is 17.4 Å². The summed E-state index contributed by atoms with van der Waals surface area (Å²) in [7, 11) is -3.76. The summed E-state index contributed by atoms with van der Waals surface area (Å²) in [5.41, 5.74) is 2.40. The van der Waals surface area contributed by atoms with Crippen LogP contribution in [-0.4, -0.2) is 67.5 Å². The Bertz CT molecular complexity index is 1520. The summed E-state index contributed by atoms with van der Waals surface area (Å²) in [6, 6.07) is 7.81. The van der Waals surface area contributed by atoms with Crippen molar-refractivity contribution in [1.29, 1.82) is 0 Å². The van der Waals surface area contributed by atoms with Gasteiger partial charge in [-0.1, -0.05) is 0 Å². The number of sulfonamides is 1. The van der Waals surface area contributed by atoms with E-state index in [1.165, 1.54) is 18.2 Å². The van der Waals surface area contributed by atoms with Crippen molar-refractivity contribution in [3.05, 3.63) is 58.7 Å². The third-order valence-corrected chi connectivity index (χ3v) is 9.71. The maximum Gasteiger partial charge on any atom is 0.490 e. The average Bonchev–Trinajstić information content (AvgIpc) is 3.86. The van der Waals surface area contributed by atoms with Crippen LogP contribution in [0.1, 0.15) is 79.8 Å². The Morgan fingerprint density at radius 3 is 2.20 bits per heavy atom. The molecule has 0 atom stereocenters. The second kappa shape index (κ2) is 14.5. The molecule has 0 spiro atoms. The molecule has 1 heterocycles. The number of halogens is 5. The Morgan fingerprint density at radius 1 is 1.02 bits per heavy atom. The second-order valence-electron chi connectivity index (χ2n) is 12.3. The number of amides is 1. The number of nitrogens with zero attached hydrogens (tertiary/aromatic N) is 1. The number of anilines is 1. The molecule has 46 heavy (non-hydrogen) atoms. The van der Waals surface area contributed by atoms with Gasteiger partial charge < -0.3 is 15.2 Å². The maximum atomic E-state index is 14.9. The van der Waals surface area contributed by atoms with E-state index < -0.39 is 39.1 Å². The van der Waals surface area contributed by atoms with Gasteiger partial charge in [-0.3, -0.25) is 9.69 Å². The fraction of sp³-hybridized carbons (Fsp3) is 0.548. The molecule has 3 N–H and O–H groups in total. The van der Waals surface area contributed by atoms with Crippen LogP contribution in [0.15, 0.2) is 30.3 Å². The van der Waals surface area contributed by atoms with Crippen molar-refractivity contribution in [2.24, 2.45) is 5.92 Å². The van der Waals surface area contributed by atoms with E-state index in [4.69, 9.17) is 14.6 Å². The van der Waals surface area contributed by atoms with Gasteiger partial charge in [-0.15, -0.1) is 0 Å². The largest absolute Gasteiger partial charge is 0.493 e. The lowest BCUT2D eigenvalue weighted by atomic mass is 9.97. The van der Waals surface area contributed by atoms with Crippen LogP contribution in [-0.2, 0) is 21.4 Å². The summed E-state index contributed by atoms with van der Waals surface area (Å²) in [5.74, 6) is -3.79. The van der Waals surface area contributed by atoms with Gasteiger partial charge in [0.15, 0.2) is 0 Å². The van der Waals surface area contributed by atoms with Gasteiger partial charge in [0.25, 0.3) is 5.91 Å². The molecule has 1 saturated heterocycles. The highest BCUT2D eigenvalue weighted by Crippen LogP contribution is 2.45. The van der Waals surface area contributed by atoms with Crippen molar-refractivity contribution in [1.82, 2.24) is 9.62 Å². The molecule has 3 fully saturated rings. The third-order valence-electron chi connectivity index (χ3n) is 7.89. The highest BCUT2D eigenvalue weighted by molar-refractivity contribution is 7.91. The minimum absolute atomic E-state index is 0.189. The van der Waals surface area contributed by atoms with Crippen LogP contribution in [0, 0.1) is 17.6 Å². The number of aliphatic carboxylic acids is 1. The van der Waals surface area contributed by atoms with Crippen molar-refractivity contribution in [3.63, 3.8) is 0 Å². The number of carboxylic acids is 1. The lowest BCUT2D eigenvalue weighted by Gasteiger charge is -2.32. The number of carboxylic acid groups (broad SMARTS) is 1. The molecule has 0 aromatic heterocycles. The zero-order chi connectivity index (χ0) is 33.8. The molecule has 9 nitrogen and oxygen atoms in total. The van der Waals surface area contributed by atoms with Crippen LogP contribution in [0.3, 0.4) is 0 Å². The summed E-state index contributed by atoms with van der Waals surface area (Å²) < 4.78 is 93.1. The number of carbonyl (C=O) groups is 2. The predicted molar refractivity (Wildman–Crippen MR) is 160 cm³/mol. The first-order valence-corrected chi connectivity index (χ1v) is 16.7. The lowest BCUT2D eigenvalue weighted by molar-refractivity contribution is -0.192. The number of hydrogen-bond donors (Lipinski definition) is 3. The van der Waals surface area contributed by atoms with Crippen molar-refractivity contribution in [2.45, 2.75) is 82.3 Å². The first kappa shape index (κ1) is 35.4. The number of rotatable bonds is 11. The number of benzene rings is 2. The highest BCUT2D eigenvalue weighted by Gasteiger charge is 2.39. The summed E-state index contributed by atoms with van der Waals surface area (Å²) in [5, 5.41) is 9.96. The molecule has 1 amide bonds. The van der Waals surface area contributed by atoms with Gasteiger partial charge in [0, 0.05) is 24.3 Å². The van der Waals surface area contributed by atoms with Gasteiger partial charge in [0.2, 0.25) is 10.0 Å². The highest BCUT2D eigenvalue weighted by atomic mass is 32.2. The van der Waals surface area contributed by atoms with Gasteiger partial charge in [-0.25, -0.2) is 26.7 Å². The van der Waals surface area contributed by atoms with Crippen molar-refractivity contribution < 1.29 is 49.8 Å². The molecule has 15 heteroatoms. The third kappa shape index (κ3) is 10.0. The summed E-state index contributed by atoms with van der Waals surface area (Å²) in [6.07, 6.45) is -0.381. The van der Waals surface area contributed by atoms with E-state index in [-0.39, 0.29) is 23.3 Å². The molecule has 0 bridgehead atoms. The molecule has 2 saturated carbocycles. The molecular weight excluding hydrogens is 637 g/mol. The molecule has 2 aromatic carbocycles. The van der Waals surface area contributed by atoms with Crippen molar-refractivity contribution in [2.75, 3.05) is 25.0 Å². The number of nitrogens with one attached hydrogen (secondary N) is 2. The monoisotopic (exact) mass is 675 g/mol. The van der Waals surface area contributed by atoms with Gasteiger partial charge in [-0.2, -0.15) is 13.2 Å². The van der Waals surface area contributed by atoms with E-state index in [9.17, 15) is 35.2 Å². The molecule has 254 valence electrons. The van der Waals surface area contributed by atoms with Crippen LogP contribution < -0.4 is 14.8 Å². The van der Waals surface area contributed by atoms with Crippen LogP contribution in [0.25, 0.3) is 0 Å². The Morgan fingerprint density at radius 2 is 1.65 bits per heavy atom. The topological polar surface area (TPSA) is 125 Å². The first-order chi connectivity index (χ1) is 21.5. The van der Waals surface area contributed by atoms with Crippen LogP contribution in [0.2, 0.25) is 0 Å². The van der Waals surface area contributed by atoms with Gasteiger partial charge in [-0.05, 0) is 113 Å². The summed E-state index contributed by atoms with van der Waals surface area (Å²) in [4.78, 5) is 23.8. The van der Waals surface area contributed by atoms with Gasteiger partial charge >= 0.3 is 12.1 Å². The van der Waals surface area contributed by atoms with Crippen molar-refractivity contribution >= 4 is 27.6 Å². The van der Waals surface area contributed by atoms with Crippen LogP contribution >= 0.6 is 0 Å². The predicted octanol–water partition coefficient (Wildman–Crippen LogP) is 5.81. The first-order valence-electron chi connectivity index (χ1n) is 15.1. The number of piperidine rings is 1. The van der Waals surface area contributed by atoms with Crippen LogP contribution in [0.5, 0.6) is 5.75 Å². The Labute approximate surface area is 264 Å². The Balaban J connectivity index is 0.000000617. The molecule has 3 aliphatic rings. The molecule has 2 aromatic rings. The number of ether oxygens (including phenoxy) is 1. The fourth-order valence-electron chi connectivity index (χ4n) is 5.13. The molecule has 0 radical (unpaired) electrons. The van der Waals surface area contributed by atoms with E-state index in [1.54, 1.807) is 12.1 Å². The quantitative estimate of drug-likeness (QED) is 0.255. The van der Waals surface area contributed by atoms with Gasteiger partial charge in [0.1, 0.15) is 17.4 Å². The zero-order valence-electron chi connectivity index (χ0n) is 25.5. The maximum absolute atomic E-state index is 14.9. The SMILES string of the molecule is CC(C)Nc1ccc(F)cc1CN1CCC(COc2cc(F)c(C(=O)NS(=O)(=O)C3CC3)cc2C2CC2)CC1.O=C(O)C(F)(F)F. The number of hydrogen-bond acceptors (Lipinski definition) is 7. The number of carbonyl (C=O) groups excluding carboxylic acids is 1. The minimum Gasteiger partial charge on any atom is -0.493 e. The smallest absolute Gasteiger partial charge is 0.490 e. The standard InChI is InChI=1S/C29H37F2N3O4S.C2HF3O2/c1-18(2)32-27-8-5-22(30)13-21(27)16-34-11-9-19(10-12-34)17-38-28-15-26(31)25(14-24(28)20-3-4-20)29(35)33-39(36,37)23-6-7-23;3-2(4,5)1(6)7/h5,8,13-15,18-20,23,32H,3-4,6-7,9-12,16-17H2,1-2H3,(H,33,35);(H,6,7). The number of likely N-dealkylation sites (tertiary alicyclic amines) is 1. The normalized spacial score (nSPS) is 17.7. The molecule has 5 rings (SSSR count). The van der Waals surface area contributed by atoms with Crippen LogP contribution in [0.4, 0.5) is 27.6 Å². The second-order valence-corrected chi connectivity index (χ2v) is 14.2. The summed E-state index contributed by atoms with van der Waals surface area (Å²) in [6.45, 7) is 6.92. The molecule has 1 aliphatic heterocycles. The minimum atomic E-state index is -5.08. The van der Waals surface area contributed by atoms with E-state index in [0.29, 0.717) is 37.7 Å². The van der Waals surface area contributed by atoms with E-state index >= 15 is 0 Å². The summed E-state index contributed by atoms with van der Waals surface area (Å²) >= 11 is 0. The van der Waals surface area contributed by atoms with E-state index in [0.717, 1.165) is 55.6 Å². The fourth-order valence-corrected chi connectivity index (χ4v) is 6.43. The van der Waals surface area contributed by atoms with E-state index in [1.807, 2.05) is 4.72 Å². The molecule has 2 aliphatic carbocycles. The van der Waals surface area contributed by atoms with E-state index in [2.05, 4.69) is 24.1 Å². The van der Waals surface area contributed by atoms with Crippen molar-refractivity contribution in [3.8, 4) is 5.75 Å². The number of alkyl halides is 3. The average molecular weight is 676 g/mol. The lowest BCUT2D eigenvalue weighted by Crippen LogP contribution is -2.35.